The van der Waals surface area contributed by atoms with Crippen molar-refractivity contribution < 1.29 is 0 Å². The van der Waals surface area contributed by atoms with E-state index in [4.69, 9.17) is 0 Å². The first-order valence-electron chi connectivity index (χ1n) is 6.75. The fourth-order valence-corrected chi connectivity index (χ4v) is 2.96. The molecule has 21 heavy (non-hydrogen) atoms. The Kier molecular flexibility index (Phi) is 2.91. The SMILES string of the molecule is Cc1cc(C)c(-n2c(=O)c3ccccc3n2C#N)c(C)c1. The zero-order valence-electron chi connectivity index (χ0n) is 12.2. The molecule has 4 nitrogen and oxygen atoms in total. The monoisotopic (exact) mass is 277 g/mol. The third-order valence-corrected chi connectivity index (χ3v) is 3.70. The third kappa shape index (κ3) is 1.86. The van der Waals surface area contributed by atoms with E-state index in [-0.39, 0.29) is 5.56 Å². The van der Waals surface area contributed by atoms with Crippen molar-refractivity contribution in [2.45, 2.75) is 20.8 Å². The number of nitriles is 1. The molecule has 0 unspecified atom stereocenters. The van der Waals surface area contributed by atoms with Crippen molar-refractivity contribution in [3.63, 3.8) is 0 Å². The number of hydrogen-bond donors (Lipinski definition) is 0. The van der Waals surface area contributed by atoms with E-state index in [2.05, 4.69) is 6.19 Å². The molecule has 0 amide bonds. The molecule has 1 heterocycles. The highest BCUT2D eigenvalue weighted by Gasteiger charge is 2.17. The average molecular weight is 277 g/mol. The molecule has 0 aliphatic carbocycles. The van der Waals surface area contributed by atoms with Crippen molar-refractivity contribution in [2.24, 2.45) is 0 Å². The number of fused-ring (bicyclic) bond motifs is 1. The molecule has 0 saturated heterocycles. The summed E-state index contributed by atoms with van der Waals surface area (Å²) in [5, 5.41) is 10.0. The minimum atomic E-state index is -0.165. The normalized spacial score (nSPS) is 10.8. The van der Waals surface area contributed by atoms with Crippen LogP contribution in [0.5, 0.6) is 0 Å². The number of para-hydroxylation sites is 1. The van der Waals surface area contributed by atoms with Gasteiger partial charge in [-0.1, -0.05) is 29.8 Å². The summed E-state index contributed by atoms with van der Waals surface area (Å²) in [6.07, 6.45) is 2.11. The molecule has 0 N–H and O–H groups in total. The van der Waals surface area contributed by atoms with E-state index in [0.29, 0.717) is 10.9 Å². The molecule has 1 aromatic heterocycles. The fraction of sp³-hybridized carbons (Fsp3) is 0.176. The van der Waals surface area contributed by atoms with E-state index < -0.39 is 0 Å². The van der Waals surface area contributed by atoms with Crippen molar-refractivity contribution in [1.29, 1.82) is 5.26 Å². The lowest BCUT2D eigenvalue weighted by Crippen LogP contribution is -2.21. The van der Waals surface area contributed by atoms with Gasteiger partial charge in [0.05, 0.1) is 16.6 Å². The number of aryl methyl sites for hydroxylation is 3. The molecule has 0 atom stereocenters. The quantitative estimate of drug-likeness (QED) is 0.686. The van der Waals surface area contributed by atoms with Gasteiger partial charge in [0.15, 0.2) is 0 Å². The van der Waals surface area contributed by atoms with E-state index >= 15 is 0 Å². The average Bonchev–Trinajstić information content (AvgIpc) is 2.71. The molecule has 0 fully saturated rings. The van der Waals surface area contributed by atoms with E-state index in [1.807, 2.05) is 45.0 Å². The molecule has 0 radical (unpaired) electrons. The van der Waals surface area contributed by atoms with Gasteiger partial charge in [-0.25, -0.2) is 4.68 Å². The van der Waals surface area contributed by atoms with Gasteiger partial charge in [-0.15, -0.1) is 0 Å². The van der Waals surface area contributed by atoms with Gasteiger partial charge in [-0.3, -0.25) is 4.79 Å². The maximum absolute atomic E-state index is 12.7. The Hall–Kier alpha value is -2.80. The zero-order valence-corrected chi connectivity index (χ0v) is 12.2. The molecule has 0 aliphatic rings. The first-order valence-corrected chi connectivity index (χ1v) is 6.75. The van der Waals surface area contributed by atoms with Gasteiger partial charge in [-0.2, -0.15) is 9.94 Å². The predicted octanol–water partition coefficient (Wildman–Crippen LogP) is 3.05. The van der Waals surface area contributed by atoms with Gasteiger partial charge in [0.25, 0.3) is 5.56 Å². The van der Waals surface area contributed by atoms with Gasteiger partial charge in [0.1, 0.15) is 0 Å². The zero-order chi connectivity index (χ0) is 15.1. The standard InChI is InChI=1S/C17H15N3O/c1-11-8-12(2)16(13(3)9-11)20-17(21)14-6-4-5-7-15(14)19(20)10-18/h4-9H,1-3H3. The lowest BCUT2D eigenvalue weighted by atomic mass is 10.1. The van der Waals surface area contributed by atoms with E-state index in [1.54, 1.807) is 12.1 Å². The Morgan fingerprint density at radius 2 is 1.67 bits per heavy atom. The summed E-state index contributed by atoms with van der Waals surface area (Å²) in [6.45, 7) is 5.94. The minimum absolute atomic E-state index is 0.165. The first-order chi connectivity index (χ1) is 10.0. The second-order valence-electron chi connectivity index (χ2n) is 5.29. The van der Waals surface area contributed by atoms with Crippen LogP contribution in [0.1, 0.15) is 16.7 Å². The minimum Gasteiger partial charge on any atom is -0.267 e. The van der Waals surface area contributed by atoms with Crippen LogP contribution in [-0.4, -0.2) is 9.36 Å². The van der Waals surface area contributed by atoms with Gasteiger partial charge in [0.2, 0.25) is 6.19 Å². The lowest BCUT2D eigenvalue weighted by molar-refractivity contribution is 0.744. The highest BCUT2D eigenvalue weighted by Crippen LogP contribution is 2.22. The molecule has 3 aromatic rings. The summed E-state index contributed by atoms with van der Waals surface area (Å²) in [7, 11) is 0. The van der Waals surface area contributed by atoms with Crippen LogP contribution in [0.25, 0.3) is 16.6 Å². The summed E-state index contributed by atoms with van der Waals surface area (Å²) < 4.78 is 2.83. The lowest BCUT2D eigenvalue weighted by Gasteiger charge is -2.13. The van der Waals surface area contributed by atoms with Crippen molar-refractivity contribution in [1.82, 2.24) is 9.36 Å². The predicted molar refractivity (Wildman–Crippen MR) is 82.8 cm³/mol. The largest absolute Gasteiger partial charge is 0.280 e. The molecule has 4 heteroatoms. The maximum Gasteiger partial charge on any atom is 0.280 e. The van der Waals surface area contributed by atoms with Crippen molar-refractivity contribution in [2.75, 3.05) is 0 Å². The second-order valence-corrected chi connectivity index (χ2v) is 5.29. The summed E-state index contributed by atoms with van der Waals surface area (Å²) in [5.41, 5.74) is 4.35. The smallest absolute Gasteiger partial charge is 0.267 e. The van der Waals surface area contributed by atoms with Crippen LogP contribution in [0, 0.1) is 32.2 Å². The second kappa shape index (κ2) is 4.64. The molecule has 0 aliphatic heterocycles. The Balaban J connectivity index is 2.50. The van der Waals surface area contributed by atoms with Gasteiger partial charge in [-0.05, 0) is 44.0 Å². The van der Waals surface area contributed by atoms with Crippen molar-refractivity contribution >= 4 is 10.9 Å². The Bertz CT molecular complexity index is 931. The number of hydrogen-bond acceptors (Lipinski definition) is 2. The highest BCUT2D eigenvalue weighted by molar-refractivity contribution is 5.80. The molecular weight excluding hydrogens is 262 g/mol. The van der Waals surface area contributed by atoms with Crippen molar-refractivity contribution in [3.05, 3.63) is 63.4 Å². The maximum atomic E-state index is 12.7. The van der Waals surface area contributed by atoms with Gasteiger partial charge in [0, 0.05) is 0 Å². The van der Waals surface area contributed by atoms with Crippen LogP contribution in [0.4, 0.5) is 0 Å². The van der Waals surface area contributed by atoms with E-state index in [9.17, 15) is 10.1 Å². The van der Waals surface area contributed by atoms with Crippen LogP contribution in [0.3, 0.4) is 0 Å². The molecule has 0 bridgehead atoms. The van der Waals surface area contributed by atoms with Crippen LogP contribution >= 0.6 is 0 Å². The number of benzene rings is 2. The number of aromatic nitrogens is 2. The molecular formula is C17H15N3O. The van der Waals surface area contributed by atoms with Crippen molar-refractivity contribution in [3.8, 4) is 11.9 Å². The topological polar surface area (TPSA) is 50.7 Å². The van der Waals surface area contributed by atoms with Crippen LogP contribution in [0.15, 0.2) is 41.2 Å². The van der Waals surface area contributed by atoms with Gasteiger partial charge >= 0.3 is 0 Å². The highest BCUT2D eigenvalue weighted by atomic mass is 16.1. The van der Waals surface area contributed by atoms with Crippen LogP contribution < -0.4 is 5.56 Å². The number of rotatable bonds is 1. The molecule has 3 rings (SSSR count). The molecule has 0 spiro atoms. The summed E-state index contributed by atoms with van der Waals surface area (Å²) in [4.78, 5) is 12.7. The summed E-state index contributed by atoms with van der Waals surface area (Å²) in [6, 6.07) is 11.2. The van der Waals surface area contributed by atoms with Crippen LogP contribution in [0.2, 0.25) is 0 Å². The van der Waals surface area contributed by atoms with E-state index in [0.717, 1.165) is 22.4 Å². The fourth-order valence-electron chi connectivity index (χ4n) is 2.96. The van der Waals surface area contributed by atoms with Crippen LogP contribution in [-0.2, 0) is 0 Å². The van der Waals surface area contributed by atoms with Gasteiger partial charge < -0.3 is 0 Å². The molecule has 0 saturated carbocycles. The Morgan fingerprint density at radius 3 is 2.29 bits per heavy atom. The Morgan fingerprint density at radius 1 is 1.05 bits per heavy atom. The molecule has 2 aromatic carbocycles. The third-order valence-electron chi connectivity index (χ3n) is 3.70. The Labute approximate surface area is 122 Å². The first kappa shape index (κ1) is 13.2. The summed E-state index contributed by atoms with van der Waals surface area (Å²) in [5.74, 6) is 0. The number of nitrogens with zero attached hydrogens (tertiary/aromatic N) is 3. The molecule has 104 valence electrons. The van der Waals surface area contributed by atoms with E-state index in [1.165, 1.54) is 9.36 Å². The summed E-state index contributed by atoms with van der Waals surface area (Å²) >= 11 is 0.